The Balaban J connectivity index is 1.88. The molecule has 26 heavy (non-hydrogen) atoms. The van der Waals surface area contributed by atoms with E-state index in [-0.39, 0.29) is 5.56 Å². The van der Waals surface area contributed by atoms with E-state index in [1.54, 1.807) is 25.6 Å². The van der Waals surface area contributed by atoms with E-state index in [1.807, 2.05) is 30.3 Å². The average Bonchev–Trinajstić information content (AvgIpc) is 3.11. The molecule has 0 saturated heterocycles. The van der Waals surface area contributed by atoms with Crippen LogP contribution in [-0.2, 0) is 0 Å². The molecule has 0 aliphatic heterocycles. The van der Waals surface area contributed by atoms with Crippen molar-refractivity contribution in [2.45, 2.75) is 0 Å². The van der Waals surface area contributed by atoms with E-state index < -0.39 is 5.97 Å². The number of hydrogen-bond acceptors (Lipinski definition) is 5. The summed E-state index contributed by atoms with van der Waals surface area (Å²) >= 11 is 0. The molecule has 7 nitrogen and oxygen atoms in total. The van der Waals surface area contributed by atoms with Crippen LogP contribution in [0, 0.1) is 0 Å². The molecule has 0 saturated carbocycles. The van der Waals surface area contributed by atoms with Crippen LogP contribution < -0.4 is 4.74 Å². The molecule has 0 aliphatic rings. The Labute approximate surface area is 148 Å². The molecule has 0 radical (unpaired) electrons. The fourth-order valence-electron chi connectivity index (χ4n) is 2.82. The number of ether oxygens (including phenoxy) is 1. The summed E-state index contributed by atoms with van der Waals surface area (Å²) in [7, 11) is 1.61. The lowest BCUT2D eigenvalue weighted by atomic mass is 10.0. The van der Waals surface area contributed by atoms with Gasteiger partial charge < -0.3 is 9.84 Å². The van der Waals surface area contributed by atoms with Gasteiger partial charge in [0.05, 0.1) is 12.7 Å². The summed E-state index contributed by atoms with van der Waals surface area (Å²) in [6, 6.07) is 11.1. The minimum Gasteiger partial charge on any atom is -0.496 e. The van der Waals surface area contributed by atoms with Crippen LogP contribution in [-0.4, -0.2) is 38.4 Å². The van der Waals surface area contributed by atoms with Gasteiger partial charge in [-0.1, -0.05) is 12.1 Å². The number of aromatic carboxylic acids is 1. The van der Waals surface area contributed by atoms with Crippen molar-refractivity contribution < 1.29 is 14.6 Å². The number of carboxylic acid groups (broad SMARTS) is 1. The third-order valence-corrected chi connectivity index (χ3v) is 4.10. The number of carbonyl (C=O) groups is 1. The summed E-state index contributed by atoms with van der Waals surface area (Å²) in [4.78, 5) is 19.6. The number of nitrogens with zero attached hydrogens (tertiary/aromatic N) is 3. The van der Waals surface area contributed by atoms with Gasteiger partial charge in [-0.05, 0) is 24.3 Å². The molecule has 1 aromatic carbocycles. The minimum absolute atomic E-state index is 0.125. The second-order valence-electron chi connectivity index (χ2n) is 5.66. The SMILES string of the molecule is COc1ccccc1-c1n[nH]c2ncc(-c3cncc(C(=O)O)c3)cc12. The number of para-hydroxylation sites is 1. The predicted molar refractivity (Wildman–Crippen MR) is 96.1 cm³/mol. The van der Waals surface area contributed by atoms with E-state index in [0.717, 1.165) is 16.5 Å². The minimum atomic E-state index is -1.02. The summed E-state index contributed by atoms with van der Waals surface area (Å²) in [6.45, 7) is 0. The van der Waals surface area contributed by atoms with Crippen molar-refractivity contribution >= 4 is 17.0 Å². The number of aromatic amines is 1. The number of hydrogen-bond donors (Lipinski definition) is 2. The third-order valence-electron chi connectivity index (χ3n) is 4.10. The van der Waals surface area contributed by atoms with Gasteiger partial charge >= 0.3 is 5.97 Å². The molecule has 7 heteroatoms. The van der Waals surface area contributed by atoms with Crippen molar-refractivity contribution in [2.75, 3.05) is 7.11 Å². The highest BCUT2D eigenvalue weighted by atomic mass is 16.5. The van der Waals surface area contributed by atoms with Gasteiger partial charge in [-0.15, -0.1) is 0 Å². The molecule has 0 fully saturated rings. The molecule has 0 unspecified atom stereocenters. The average molecular weight is 346 g/mol. The van der Waals surface area contributed by atoms with E-state index >= 15 is 0 Å². The Morgan fingerprint density at radius 1 is 1.12 bits per heavy atom. The van der Waals surface area contributed by atoms with Gasteiger partial charge in [-0.25, -0.2) is 9.78 Å². The number of aromatic nitrogens is 4. The van der Waals surface area contributed by atoms with Gasteiger partial charge in [0.1, 0.15) is 11.4 Å². The number of rotatable bonds is 4. The molecular weight excluding hydrogens is 332 g/mol. The zero-order valence-corrected chi connectivity index (χ0v) is 13.8. The smallest absolute Gasteiger partial charge is 0.337 e. The molecule has 4 aromatic rings. The van der Waals surface area contributed by atoms with Crippen LogP contribution in [0.1, 0.15) is 10.4 Å². The Bertz CT molecular complexity index is 1120. The van der Waals surface area contributed by atoms with E-state index in [4.69, 9.17) is 9.84 Å². The van der Waals surface area contributed by atoms with E-state index in [2.05, 4.69) is 20.2 Å². The Hall–Kier alpha value is -3.74. The monoisotopic (exact) mass is 346 g/mol. The zero-order valence-electron chi connectivity index (χ0n) is 13.8. The maximum atomic E-state index is 11.2. The second-order valence-corrected chi connectivity index (χ2v) is 5.66. The summed E-state index contributed by atoms with van der Waals surface area (Å²) < 4.78 is 5.43. The van der Waals surface area contributed by atoms with Crippen molar-refractivity contribution in [3.8, 4) is 28.1 Å². The lowest BCUT2D eigenvalue weighted by molar-refractivity contribution is 0.0696. The fraction of sp³-hybridized carbons (Fsp3) is 0.0526. The van der Waals surface area contributed by atoms with Crippen molar-refractivity contribution in [2.24, 2.45) is 0 Å². The topological polar surface area (TPSA) is 101 Å². The Kier molecular flexibility index (Phi) is 3.81. The lowest BCUT2D eigenvalue weighted by Crippen LogP contribution is -1.97. The summed E-state index contributed by atoms with van der Waals surface area (Å²) in [6.07, 6.45) is 4.59. The molecule has 0 atom stereocenters. The summed E-state index contributed by atoms with van der Waals surface area (Å²) in [5.74, 6) is -0.313. The molecule has 0 spiro atoms. The molecule has 0 bridgehead atoms. The first-order chi connectivity index (χ1) is 12.7. The van der Waals surface area contributed by atoms with E-state index in [9.17, 15) is 4.79 Å². The molecular formula is C19H14N4O3. The van der Waals surface area contributed by atoms with Crippen LogP contribution in [0.3, 0.4) is 0 Å². The van der Waals surface area contributed by atoms with Crippen molar-refractivity contribution in [3.05, 3.63) is 60.6 Å². The van der Waals surface area contributed by atoms with Gasteiger partial charge in [0.25, 0.3) is 0 Å². The maximum Gasteiger partial charge on any atom is 0.337 e. The van der Waals surface area contributed by atoms with Crippen LogP contribution in [0.2, 0.25) is 0 Å². The van der Waals surface area contributed by atoms with Crippen LogP contribution in [0.25, 0.3) is 33.4 Å². The van der Waals surface area contributed by atoms with Gasteiger partial charge in [-0.2, -0.15) is 5.10 Å². The first-order valence-electron chi connectivity index (χ1n) is 7.83. The Morgan fingerprint density at radius 3 is 2.73 bits per heavy atom. The number of carboxylic acids is 1. The van der Waals surface area contributed by atoms with Crippen LogP contribution in [0.15, 0.2) is 55.0 Å². The molecule has 128 valence electrons. The zero-order chi connectivity index (χ0) is 18.1. The maximum absolute atomic E-state index is 11.2. The first kappa shape index (κ1) is 15.8. The number of H-pyrrole nitrogens is 1. The largest absolute Gasteiger partial charge is 0.496 e. The summed E-state index contributed by atoms with van der Waals surface area (Å²) in [5, 5.41) is 17.3. The van der Waals surface area contributed by atoms with Crippen LogP contribution in [0.4, 0.5) is 0 Å². The number of fused-ring (bicyclic) bond motifs is 1. The van der Waals surface area contributed by atoms with Gasteiger partial charge in [0.2, 0.25) is 0 Å². The van der Waals surface area contributed by atoms with Crippen molar-refractivity contribution in [1.29, 1.82) is 0 Å². The summed E-state index contributed by atoms with van der Waals surface area (Å²) in [5.41, 5.74) is 3.75. The molecule has 3 heterocycles. The Morgan fingerprint density at radius 2 is 1.92 bits per heavy atom. The molecule has 4 rings (SSSR count). The number of benzene rings is 1. The highest BCUT2D eigenvalue weighted by Gasteiger charge is 2.15. The second kappa shape index (κ2) is 6.29. The van der Waals surface area contributed by atoms with Crippen LogP contribution in [0.5, 0.6) is 5.75 Å². The third kappa shape index (κ3) is 2.65. The molecule has 2 N–H and O–H groups in total. The fourth-order valence-corrected chi connectivity index (χ4v) is 2.82. The quantitative estimate of drug-likeness (QED) is 0.587. The number of methoxy groups -OCH3 is 1. The highest BCUT2D eigenvalue weighted by Crippen LogP contribution is 2.34. The molecule has 3 aromatic heterocycles. The predicted octanol–water partition coefficient (Wildman–Crippen LogP) is 3.39. The van der Waals surface area contributed by atoms with Gasteiger partial charge in [0.15, 0.2) is 5.65 Å². The highest BCUT2D eigenvalue weighted by molar-refractivity contribution is 5.95. The number of nitrogens with one attached hydrogen (secondary N) is 1. The first-order valence-corrected chi connectivity index (χ1v) is 7.83. The van der Waals surface area contributed by atoms with Crippen molar-refractivity contribution in [1.82, 2.24) is 20.2 Å². The van der Waals surface area contributed by atoms with E-state index in [0.29, 0.717) is 22.7 Å². The van der Waals surface area contributed by atoms with Crippen molar-refractivity contribution in [3.63, 3.8) is 0 Å². The normalized spacial score (nSPS) is 10.8. The number of pyridine rings is 2. The van der Waals surface area contributed by atoms with E-state index in [1.165, 1.54) is 6.20 Å². The molecule has 0 aliphatic carbocycles. The lowest BCUT2D eigenvalue weighted by Gasteiger charge is -2.06. The standard InChI is InChI=1S/C19H14N4O3/c1-26-16-5-3-2-4-14(16)17-15-7-12(10-21-18(15)23-22-17)11-6-13(19(24)25)9-20-8-11/h2-10H,1H3,(H,24,25)(H,21,22,23). The van der Waals surface area contributed by atoms with Gasteiger partial charge in [-0.3, -0.25) is 10.1 Å². The van der Waals surface area contributed by atoms with Crippen LogP contribution >= 0.6 is 0 Å². The van der Waals surface area contributed by atoms with Gasteiger partial charge in [0, 0.05) is 40.7 Å². The molecule has 0 amide bonds.